The number of amides is 2. The molecule has 2 amide bonds. The lowest BCUT2D eigenvalue weighted by atomic mass is 10.1. The summed E-state index contributed by atoms with van der Waals surface area (Å²) in [6, 6.07) is 9.92. The van der Waals surface area contributed by atoms with Crippen LogP contribution < -0.4 is 10.2 Å². The lowest BCUT2D eigenvalue weighted by Gasteiger charge is -2.25. The minimum absolute atomic E-state index is 0.0522. The fourth-order valence-corrected chi connectivity index (χ4v) is 4.28. The lowest BCUT2D eigenvalue weighted by molar-refractivity contribution is -0.120. The van der Waals surface area contributed by atoms with Crippen molar-refractivity contribution in [2.24, 2.45) is 0 Å². The van der Waals surface area contributed by atoms with Gasteiger partial charge in [0.1, 0.15) is 6.54 Å². The predicted molar refractivity (Wildman–Crippen MR) is 107 cm³/mol. The molecule has 4 nitrogen and oxygen atoms in total. The van der Waals surface area contributed by atoms with E-state index in [0.717, 1.165) is 34.5 Å². The Bertz CT molecular complexity index is 806. The molecule has 2 aromatic rings. The van der Waals surface area contributed by atoms with Crippen LogP contribution in [0.3, 0.4) is 0 Å². The number of thiophene rings is 1. The molecule has 1 fully saturated rings. The number of nitrogens with one attached hydrogen (secondary N) is 1. The Morgan fingerprint density at radius 3 is 2.50 bits per heavy atom. The molecule has 0 aliphatic heterocycles. The van der Waals surface area contributed by atoms with E-state index in [0.29, 0.717) is 4.88 Å². The molecular weight excluding hydrogens is 344 g/mol. The SMILES string of the molecule is Cc1ccc(C(=O)N(CC(=O)NC2CCCC2)c2cccc(C)c2C)s1. The highest BCUT2D eigenvalue weighted by Gasteiger charge is 2.25. The van der Waals surface area contributed by atoms with E-state index >= 15 is 0 Å². The maximum atomic E-state index is 13.2. The number of aryl methyl sites for hydroxylation is 2. The largest absolute Gasteiger partial charge is 0.352 e. The van der Waals surface area contributed by atoms with Crippen molar-refractivity contribution in [3.05, 3.63) is 51.2 Å². The average Bonchev–Trinajstić information content (AvgIpc) is 3.26. The van der Waals surface area contributed by atoms with Gasteiger partial charge in [-0.1, -0.05) is 25.0 Å². The van der Waals surface area contributed by atoms with E-state index in [9.17, 15) is 9.59 Å². The van der Waals surface area contributed by atoms with Gasteiger partial charge in [0.05, 0.1) is 4.88 Å². The second-order valence-corrected chi connectivity index (χ2v) is 8.36. The molecule has 0 radical (unpaired) electrons. The Morgan fingerprint density at radius 2 is 1.85 bits per heavy atom. The molecule has 1 aliphatic rings. The smallest absolute Gasteiger partial charge is 0.268 e. The maximum Gasteiger partial charge on any atom is 0.268 e. The number of benzene rings is 1. The average molecular weight is 371 g/mol. The molecule has 0 bridgehead atoms. The zero-order valence-corrected chi connectivity index (χ0v) is 16.5. The monoisotopic (exact) mass is 370 g/mol. The van der Waals surface area contributed by atoms with Crippen molar-refractivity contribution < 1.29 is 9.59 Å². The minimum atomic E-state index is -0.113. The summed E-state index contributed by atoms with van der Waals surface area (Å²) in [6.45, 7) is 6.06. The molecule has 0 unspecified atom stereocenters. The van der Waals surface area contributed by atoms with E-state index in [2.05, 4.69) is 5.32 Å². The first-order valence-electron chi connectivity index (χ1n) is 9.19. The molecule has 1 aromatic carbocycles. The van der Waals surface area contributed by atoms with Gasteiger partial charge in [0.2, 0.25) is 5.91 Å². The molecule has 26 heavy (non-hydrogen) atoms. The number of hydrogen-bond acceptors (Lipinski definition) is 3. The number of carbonyl (C=O) groups is 2. The van der Waals surface area contributed by atoms with Crippen LogP contribution in [0.5, 0.6) is 0 Å². The molecule has 5 heteroatoms. The van der Waals surface area contributed by atoms with Crippen molar-refractivity contribution in [2.45, 2.75) is 52.5 Å². The summed E-state index contributed by atoms with van der Waals surface area (Å²) in [5, 5.41) is 3.10. The van der Waals surface area contributed by atoms with Crippen LogP contribution in [0.1, 0.15) is 51.4 Å². The molecule has 0 atom stereocenters. The van der Waals surface area contributed by atoms with Crippen LogP contribution in [0, 0.1) is 20.8 Å². The van der Waals surface area contributed by atoms with Crippen molar-refractivity contribution in [3.63, 3.8) is 0 Å². The van der Waals surface area contributed by atoms with Gasteiger partial charge in [-0.15, -0.1) is 11.3 Å². The van der Waals surface area contributed by atoms with Gasteiger partial charge in [-0.05, 0) is 62.9 Å². The van der Waals surface area contributed by atoms with Gasteiger partial charge in [0.25, 0.3) is 5.91 Å². The van der Waals surface area contributed by atoms with E-state index in [1.165, 1.54) is 24.2 Å². The van der Waals surface area contributed by atoms with Crippen LogP contribution in [0.25, 0.3) is 0 Å². The minimum Gasteiger partial charge on any atom is -0.352 e. The molecule has 1 aliphatic carbocycles. The predicted octanol–water partition coefficient (Wildman–Crippen LogP) is 4.38. The second-order valence-electron chi connectivity index (χ2n) is 7.07. The van der Waals surface area contributed by atoms with Crippen LogP contribution in [-0.4, -0.2) is 24.4 Å². The summed E-state index contributed by atoms with van der Waals surface area (Å²) in [5.41, 5.74) is 2.95. The highest BCUT2D eigenvalue weighted by Crippen LogP contribution is 2.26. The van der Waals surface area contributed by atoms with Crippen molar-refractivity contribution in [3.8, 4) is 0 Å². The first-order valence-corrected chi connectivity index (χ1v) is 10.0. The Labute approximate surface area is 159 Å². The number of carbonyl (C=O) groups excluding carboxylic acids is 2. The van der Waals surface area contributed by atoms with Crippen LogP contribution in [-0.2, 0) is 4.79 Å². The van der Waals surface area contributed by atoms with E-state index in [1.807, 2.05) is 51.1 Å². The molecule has 1 heterocycles. The Balaban J connectivity index is 1.86. The molecule has 3 rings (SSSR count). The summed E-state index contributed by atoms with van der Waals surface area (Å²) in [4.78, 5) is 29.1. The number of hydrogen-bond donors (Lipinski definition) is 1. The number of rotatable bonds is 5. The summed E-state index contributed by atoms with van der Waals surface area (Å²) in [7, 11) is 0. The van der Waals surface area contributed by atoms with E-state index < -0.39 is 0 Å². The van der Waals surface area contributed by atoms with Gasteiger partial charge in [0, 0.05) is 16.6 Å². The zero-order valence-electron chi connectivity index (χ0n) is 15.7. The van der Waals surface area contributed by atoms with Crippen LogP contribution >= 0.6 is 11.3 Å². The molecular formula is C21H26N2O2S. The number of nitrogens with zero attached hydrogens (tertiary/aromatic N) is 1. The lowest BCUT2D eigenvalue weighted by Crippen LogP contribution is -2.43. The summed E-state index contributed by atoms with van der Waals surface area (Å²) >= 11 is 1.47. The van der Waals surface area contributed by atoms with Crippen LogP contribution in [0.4, 0.5) is 5.69 Å². The summed E-state index contributed by atoms with van der Waals surface area (Å²) < 4.78 is 0. The van der Waals surface area contributed by atoms with E-state index in [-0.39, 0.29) is 24.4 Å². The fourth-order valence-electron chi connectivity index (χ4n) is 3.46. The third kappa shape index (κ3) is 4.15. The van der Waals surface area contributed by atoms with Gasteiger partial charge in [-0.3, -0.25) is 14.5 Å². The van der Waals surface area contributed by atoms with Crippen molar-refractivity contribution >= 4 is 28.8 Å². The zero-order chi connectivity index (χ0) is 18.7. The normalized spacial score (nSPS) is 14.4. The first kappa shape index (κ1) is 18.6. The third-order valence-electron chi connectivity index (χ3n) is 5.09. The Kier molecular flexibility index (Phi) is 5.77. The van der Waals surface area contributed by atoms with Crippen LogP contribution in [0.2, 0.25) is 0 Å². The highest BCUT2D eigenvalue weighted by molar-refractivity contribution is 7.14. The summed E-state index contributed by atoms with van der Waals surface area (Å²) in [5.74, 6) is -0.196. The molecule has 1 aromatic heterocycles. The molecule has 1 N–H and O–H groups in total. The molecule has 1 saturated carbocycles. The topological polar surface area (TPSA) is 49.4 Å². The van der Waals surface area contributed by atoms with Gasteiger partial charge in [-0.2, -0.15) is 0 Å². The van der Waals surface area contributed by atoms with Gasteiger partial charge >= 0.3 is 0 Å². The van der Waals surface area contributed by atoms with E-state index in [4.69, 9.17) is 0 Å². The second kappa shape index (κ2) is 8.04. The molecule has 0 saturated heterocycles. The number of anilines is 1. The van der Waals surface area contributed by atoms with Gasteiger partial charge < -0.3 is 5.32 Å². The van der Waals surface area contributed by atoms with Crippen molar-refractivity contribution in [2.75, 3.05) is 11.4 Å². The fraction of sp³-hybridized carbons (Fsp3) is 0.429. The standard InChI is InChI=1S/C21H26N2O2S/c1-14-7-6-10-18(16(14)3)23(21(25)19-12-11-15(2)26-19)13-20(24)22-17-8-4-5-9-17/h6-7,10-12,17H,4-5,8-9,13H2,1-3H3,(H,22,24). The van der Waals surface area contributed by atoms with Gasteiger partial charge in [0.15, 0.2) is 0 Å². The maximum absolute atomic E-state index is 13.2. The first-order chi connectivity index (χ1) is 12.5. The molecule has 138 valence electrons. The van der Waals surface area contributed by atoms with E-state index in [1.54, 1.807) is 4.90 Å². The Hall–Kier alpha value is -2.14. The third-order valence-corrected chi connectivity index (χ3v) is 6.07. The highest BCUT2D eigenvalue weighted by atomic mass is 32.1. The Morgan fingerprint density at radius 1 is 1.12 bits per heavy atom. The quantitative estimate of drug-likeness (QED) is 0.849. The van der Waals surface area contributed by atoms with Gasteiger partial charge in [-0.25, -0.2) is 0 Å². The summed E-state index contributed by atoms with van der Waals surface area (Å²) in [6.07, 6.45) is 4.40. The molecule has 0 spiro atoms. The van der Waals surface area contributed by atoms with Crippen molar-refractivity contribution in [1.82, 2.24) is 5.32 Å². The van der Waals surface area contributed by atoms with Crippen LogP contribution in [0.15, 0.2) is 30.3 Å². The van der Waals surface area contributed by atoms with Crippen molar-refractivity contribution in [1.29, 1.82) is 0 Å².